The molecule has 0 aliphatic carbocycles. The third-order valence-electron chi connectivity index (χ3n) is 6.64. The van der Waals surface area contributed by atoms with Crippen LogP contribution in [0.25, 0.3) is 22.3 Å². The van der Waals surface area contributed by atoms with E-state index in [0.717, 1.165) is 93.4 Å². The van der Waals surface area contributed by atoms with Crippen LogP contribution in [0.2, 0.25) is 0 Å². The summed E-state index contributed by atoms with van der Waals surface area (Å²) in [4.78, 5) is 19.6. The van der Waals surface area contributed by atoms with Crippen LogP contribution in [0.15, 0.2) is 29.3 Å². The molecule has 0 bridgehead atoms. The summed E-state index contributed by atoms with van der Waals surface area (Å²) in [5.41, 5.74) is 3.60. The van der Waals surface area contributed by atoms with Gasteiger partial charge in [0.25, 0.3) is 0 Å². The van der Waals surface area contributed by atoms with E-state index in [1.54, 1.807) is 0 Å². The highest BCUT2D eigenvalue weighted by molar-refractivity contribution is 8.00. The minimum Gasteiger partial charge on any atom is -0.378 e. The number of anilines is 1. The van der Waals surface area contributed by atoms with Crippen molar-refractivity contribution in [2.75, 3.05) is 63.9 Å². The topological polar surface area (TPSA) is 93.1 Å². The Kier molecular flexibility index (Phi) is 5.68. The molecule has 8 nitrogen and oxygen atoms in total. The maximum Gasteiger partial charge on any atom is 0.162 e. The number of benzene rings is 1. The average Bonchev–Trinajstić information content (AvgIpc) is 3.50. The summed E-state index contributed by atoms with van der Waals surface area (Å²) in [6.07, 6.45) is 2.86. The molecule has 2 N–H and O–H groups in total. The van der Waals surface area contributed by atoms with Crippen LogP contribution in [-0.2, 0) is 11.2 Å². The molecule has 3 aromatic rings. The number of thioether (sulfide) groups is 1. The Morgan fingerprint density at radius 3 is 2.82 bits per heavy atom. The van der Waals surface area contributed by atoms with Crippen LogP contribution in [0.1, 0.15) is 11.3 Å². The van der Waals surface area contributed by atoms with Crippen LogP contribution < -0.4 is 10.2 Å². The maximum atomic E-state index is 9.57. The first-order valence-corrected chi connectivity index (χ1v) is 12.5. The van der Waals surface area contributed by atoms with Crippen molar-refractivity contribution in [2.24, 2.45) is 0 Å². The lowest BCUT2D eigenvalue weighted by Gasteiger charge is -2.30. The van der Waals surface area contributed by atoms with Crippen molar-refractivity contribution < 1.29 is 4.74 Å². The fraction of sp³-hybridized carbons (Fsp3) is 0.458. The molecule has 5 heterocycles. The van der Waals surface area contributed by atoms with Gasteiger partial charge in [-0.05, 0) is 18.2 Å². The van der Waals surface area contributed by atoms with Gasteiger partial charge in [-0.2, -0.15) is 5.26 Å². The number of hydrogen-bond acceptors (Lipinski definition) is 8. The lowest BCUT2D eigenvalue weighted by atomic mass is 10.1. The van der Waals surface area contributed by atoms with E-state index in [-0.39, 0.29) is 0 Å². The Morgan fingerprint density at radius 2 is 2.00 bits per heavy atom. The van der Waals surface area contributed by atoms with Crippen LogP contribution in [-0.4, -0.2) is 84.1 Å². The highest BCUT2D eigenvalue weighted by atomic mass is 32.2. The van der Waals surface area contributed by atoms with E-state index in [4.69, 9.17) is 14.7 Å². The van der Waals surface area contributed by atoms with Crippen molar-refractivity contribution in [1.82, 2.24) is 25.2 Å². The molecule has 2 fully saturated rings. The van der Waals surface area contributed by atoms with E-state index in [1.165, 1.54) is 4.90 Å². The number of hydrogen-bond donors (Lipinski definition) is 2. The van der Waals surface area contributed by atoms with Crippen molar-refractivity contribution in [1.29, 1.82) is 5.26 Å². The monoisotopic (exact) mass is 461 g/mol. The molecule has 3 aliphatic rings. The number of nitrogens with zero attached hydrogens (tertiary/aromatic N) is 5. The predicted molar refractivity (Wildman–Crippen MR) is 130 cm³/mol. The number of aromatic nitrogens is 3. The van der Waals surface area contributed by atoms with Gasteiger partial charge >= 0.3 is 0 Å². The van der Waals surface area contributed by atoms with Gasteiger partial charge in [-0.3, -0.25) is 4.90 Å². The molecule has 2 aromatic heterocycles. The molecule has 0 saturated carbocycles. The van der Waals surface area contributed by atoms with E-state index in [9.17, 15) is 5.26 Å². The number of nitrogens with one attached hydrogen (secondary N) is 2. The van der Waals surface area contributed by atoms with E-state index < -0.39 is 0 Å². The van der Waals surface area contributed by atoms with Crippen LogP contribution >= 0.6 is 11.8 Å². The van der Waals surface area contributed by atoms with E-state index in [2.05, 4.69) is 26.2 Å². The van der Waals surface area contributed by atoms with Crippen LogP contribution in [0.4, 0.5) is 5.82 Å². The summed E-state index contributed by atoms with van der Waals surface area (Å²) in [6.45, 7) is 8.52. The number of nitriles is 1. The smallest absolute Gasteiger partial charge is 0.162 e. The second-order valence-electron chi connectivity index (χ2n) is 8.82. The van der Waals surface area contributed by atoms with Crippen molar-refractivity contribution in [3.8, 4) is 17.5 Å². The van der Waals surface area contributed by atoms with E-state index >= 15 is 0 Å². The zero-order valence-electron chi connectivity index (χ0n) is 18.5. The average molecular weight is 462 g/mol. The van der Waals surface area contributed by atoms with E-state index in [0.29, 0.717) is 16.6 Å². The Labute approximate surface area is 197 Å². The fourth-order valence-corrected chi connectivity index (χ4v) is 6.38. The van der Waals surface area contributed by atoms with Gasteiger partial charge < -0.3 is 19.9 Å². The van der Waals surface area contributed by atoms with Gasteiger partial charge in [0, 0.05) is 80.1 Å². The molecular formula is C24H27N7OS. The molecule has 1 atom stereocenters. The summed E-state index contributed by atoms with van der Waals surface area (Å²) in [5.74, 6) is 1.73. The molecule has 1 aromatic carbocycles. The number of ether oxygens (including phenoxy) is 1. The van der Waals surface area contributed by atoms with Crippen molar-refractivity contribution in [2.45, 2.75) is 16.6 Å². The first-order valence-electron chi connectivity index (χ1n) is 11.6. The Hall–Kier alpha value is -2.64. The van der Waals surface area contributed by atoms with E-state index in [1.807, 2.05) is 36.2 Å². The molecule has 1 unspecified atom stereocenters. The minimum absolute atomic E-state index is 0.486. The van der Waals surface area contributed by atoms with Gasteiger partial charge in [0.1, 0.15) is 5.82 Å². The lowest BCUT2D eigenvalue weighted by molar-refractivity contribution is 0.122. The SMILES string of the molecule is N#Cc1cc(-c2nc3c(c(N4CCOCC4)n2)SC(CN2CCNCC2)C3)c2cc[nH]c2c1. The molecule has 33 heavy (non-hydrogen) atoms. The molecule has 0 amide bonds. The zero-order valence-corrected chi connectivity index (χ0v) is 19.3. The standard InChI is InChI=1S/C24H27N7OS/c25-14-16-11-19(18-1-2-27-20(18)12-16)23-28-21-13-17(15-30-5-3-26-4-6-30)33-22(21)24(29-23)31-7-9-32-10-8-31/h1-2,11-12,17,26-27H,3-10,13,15H2. The molecule has 0 spiro atoms. The van der Waals surface area contributed by atoms with Crippen molar-refractivity contribution in [3.05, 3.63) is 35.7 Å². The molecule has 9 heteroatoms. The first kappa shape index (κ1) is 20.9. The highest BCUT2D eigenvalue weighted by Gasteiger charge is 2.32. The fourth-order valence-electron chi connectivity index (χ4n) is 4.98. The maximum absolute atomic E-state index is 9.57. The second kappa shape index (κ2) is 8.95. The molecule has 3 aliphatic heterocycles. The lowest BCUT2D eigenvalue weighted by Crippen LogP contribution is -2.45. The zero-order chi connectivity index (χ0) is 22.2. The number of piperazine rings is 1. The molecule has 6 rings (SSSR count). The number of H-pyrrole nitrogens is 1. The minimum atomic E-state index is 0.486. The normalized spacial score (nSPS) is 21.3. The summed E-state index contributed by atoms with van der Waals surface area (Å²) < 4.78 is 5.61. The molecule has 0 radical (unpaired) electrons. The third-order valence-corrected chi connectivity index (χ3v) is 7.95. The van der Waals surface area contributed by atoms with Gasteiger partial charge in [-0.25, -0.2) is 9.97 Å². The highest BCUT2D eigenvalue weighted by Crippen LogP contribution is 2.43. The number of rotatable bonds is 4. The number of morpholine rings is 1. The second-order valence-corrected chi connectivity index (χ2v) is 10.1. The molecule has 170 valence electrons. The van der Waals surface area contributed by atoms with Gasteiger partial charge in [-0.1, -0.05) is 0 Å². The summed E-state index contributed by atoms with van der Waals surface area (Å²) in [6, 6.07) is 8.13. The summed E-state index contributed by atoms with van der Waals surface area (Å²) in [5, 5.41) is 14.5. The third kappa shape index (κ3) is 4.08. The van der Waals surface area contributed by atoms with Gasteiger partial charge in [-0.15, -0.1) is 11.8 Å². The van der Waals surface area contributed by atoms with Crippen molar-refractivity contribution in [3.63, 3.8) is 0 Å². The predicted octanol–water partition coefficient (Wildman–Crippen LogP) is 2.26. The largest absolute Gasteiger partial charge is 0.378 e. The van der Waals surface area contributed by atoms with Crippen LogP contribution in [0.5, 0.6) is 0 Å². The Balaban J connectivity index is 1.40. The van der Waals surface area contributed by atoms with Gasteiger partial charge in [0.15, 0.2) is 5.82 Å². The molecular weight excluding hydrogens is 434 g/mol. The Morgan fingerprint density at radius 1 is 1.15 bits per heavy atom. The number of fused-ring (bicyclic) bond motifs is 2. The van der Waals surface area contributed by atoms with Crippen LogP contribution in [0.3, 0.4) is 0 Å². The summed E-state index contributed by atoms with van der Waals surface area (Å²) >= 11 is 1.94. The Bertz CT molecular complexity index is 1210. The number of aromatic amines is 1. The quantitative estimate of drug-likeness (QED) is 0.611. The first-order chi connectivity index (χ1) is 16.3. The van der Waals surface area contributed by atoms with Crippen molar-refractivity contribution >= 4 is 28.5 Å². The van der Waals surface area contributed by atoms with Gasteiger partial charge in [0.2, 0.25) is 0 Å². The van der Waals surface area contributed by atoms with Crippen LogP contribution in [0, 0.1) is 11.3 Å². The molecule has 2 saturated heterocycles. The summed E-state index contributed by atoms with van der Waals surface area (Å²) in [7, 11) is 0. The van der Waals surface area contributed by atoms with Gasteiger partial charge in [0.05, 0.1) is 35.4 Å².